The highest BCUT2D eigenvalue weighted by Crippen LogP contribution is 2.31. The maximum Gasteiger partial charge on any atom is 0.266 e. The highest BCUT2D eigenvalue weighted by Gasteiger charge is 2.31. The molecule has 0 aliphatic carbocycles. The van der Waals surface area contributed by atoms with Gasteiger partial charge in [0.25, 0.3) is 5.91 Å². The smallest absolute Gasteiger partial charge is 0.266 e. The Morgan fingerprint density at radius 3 is 2.83 bits per heavy atom. The lowest BCUT2D eigenvalue weighted by molar-refractivity contribution is -0.135. The molecule has 1 aromatic rings. The van der Waals surface area contributed by atoms with E-state index in [9.17, 15) is 9.59 Å². The van der Waals surface area contributed by atoms with E-state index in [4.69, 9.17) is 12.2 Å². The molecule has 2 heterocycles. The van der Waals surface area contributed by atoms with Gasteiger partial charge in [-0.3, -0.25) is 14.5 Å². The summed E-state index contributed by atoms with van der Waals surface area (Å²) in [6, 6.07) is 10.3. The van der Waals surface area contributed by atoms with Gasteiger partial charge in [0.2, 0.25) is 5.91 Å². The summed E-state index contributed by atoms with van der Waals surface area (Å²) in [5.41, 5.74) is 1.08. The normalized spacial score (nSPS) is 21.6. The zero-order valence-electron chi connectivity index (χ0n) is 16.9. The number of carbonyl (C=O) groups is 2. The van der Waals surface area contributed by atoms with E-state index in [1.165, 1.54) is 18.2 Å². The summed E-state index contributed by atoms with van der Waals surface area (Å²) in [6.45, 7) is 3.52. The Kier molecular flexibility index (Phi) is 8.07. The minimum absolute atomic E-state index is 0.0606. The van der Waals surface area contributed by atoms with Crippen molar-refractivity contribution in [3.05, 3.63) is 53.0 Å². The maximum absolute atomic E-state index is 12.7. The number of nitrogens with zero attached hydrogens (tertiary/aromatic N) is 2. The van der Waals surface area contributed by atoms with Crippen LogP contribution in [0.2, 0.25) is 0 Å². The number of thiocarbonyl (C=S) groups is 1. The number of likely N-dealkylation sites (tertiary alicyclic amines) is 1. The predicted octanol–water partition coefficient (Wildman–Crippen LogP) is 5.02. The first-order valence-corrected chi connectivity index (χ1v) is 11.6. The first-order chi connectivity index (χ1) is 14.1. The molecule has 0 spiro atoms. The second kappa shape index (κ2) is 10.7. The number of piperidine rings is 1. The van der Waals surface area contributed by atoms with Crippen molar-refractivity contribution in [2.24, 2.45) is 0 Å². The largest absolute Gasteiger partial charge is 0.340 e. The molecule has 2 amide bonds. The molecule has 6 heteroatoms. The van der Waals surface area contributed by atoms with E-state index in [1.807, 2.05) is 53.5 Å². The Morgan fingerprint density at radius 2 is 2.07 bits per heavy atom. The molecule has 0 bridgehead atoms. The summed E-state index contributed by atoms with van der Waals surface area (Å²) in [5.74, 6) is 0.151. The van der Waals surface area contributed by atoms with Crippen LogP contribution in [0.3, 0.4) is 0 Å². The van der Waals surface area contributed by atoms with Crippen LogP contribution in [-0.4, -0.2) is 45.1 Å². The van der Waals surface area contributed by atoms with Gasteiger partial charge in [-0.25, -0.2) is 0 Å². The van der Waals surface area contributed by atoms with Gasteiger partial charge in [0.15, 0.2) is 0 Å². The van der Waals surface area contributed by atoms with Crippen LogP contribution in [0.4, 0.5) is 0 Å². The Bertz CT molecular complexity index is 804. The van der Waals surface area contributed by atoms with Crippen LogP contribution in [0.1, 0.15) is 51.0 Å². The van der Waals surface area contributed by atoms with Gasteiger partial charge in [0, 0.05) is 25.6 Å². The summed E-state index contributed by atoms with van der Waals surface area (Å²) in [4.78, 5) is 29.6. The monoisotopic (exact) mass is 428 g/mol. The molecule has 1 aromatic carbocycles. The average molecular weight is 429 g/mol. The fraction of sp³-hybridized carbons (Fsp3) is 0.435. The molecule has 0 N–H and O–H groups in total. The van der Waals surface area contributed by atoms with Crippen LogP contribution in [0.5, 0.6) is 0 Å². The number of hydrogen-bond acceptors (Lipinski definition) is 4. The highest BCUT2D eigenvalue weighted by molar-refractivity contribution is 8.26. The molecule has 0 radical (unpaired) electrons. The van der Waals surface area contributed by atoms with E-state index in [0.29, 0.717) is 34.7 Å². The number of allylic oxidation sites excluding steroid dienone is 2. The average Bonchev–Trinajstić information content (AvgIpc) is 3.02. The molecular weight excluding hydrogens is 400 g/mol. The van der Waals surface area contributed by atoms with Crippen LogP contribution < -0.4 is 0 Å². The van der Waals surface area contributed by atoms with Crippen molar-refractivity contribution in [1.29, 1.82) is 0 Å². The molecule has 2 aliphatic rings. The van der Waals surface area contributed by atoms with Gasteiger partial charge in [-0.1, -0.05) is 73.4 Å². The highest BCUT2D eigenvalue weighted by atomic mass is 32.2. The van der Waals surface area contributed by atoms with Crippen LogP contribution in [-0.2, 0) is 9.59 Å². The zero-order valence-corrected chi connectivity index (χ0v) is 18.5. The van der Waals surface area contributed by atoms with Crippen LogP contribution in [0, 0.1) is 0 Å². The summed E-state index contributed by atoms with van der Waals surface area (Å²) < 4.78 is 0.575. The van der Waals surface area contributed by atoms with E-state index < -0.39 is 0 Å². The second-order valence-corrected chi connectivity index (χ2v) is 9.05. The molecule has 1 unspecified atom stereocenters. The predicted molar refractivity (Wildman–Crippen MR) is 124 cm³/mol. The van der Waals surface area contributed by atoms with E-state index in [-0.39, 0.29) is 11.8 Å². The number of amides is 2. The SMILES string of the molecule is CCC1CCCCN1C(=O)CCCN1C(=O)/C(=C/C=C/c2ccccc2)SC1=S. The van der Waals surface area contributed by atoms with Crippen molar-refractivity contribution in [2.45, 2.75) is 51.5 Å². The van der Waals surface area contributed by atoms with Crippen molar-refractivity contribution in [2.75, 3.05) is 13.1 Å². The number of carbonyl (C=O) groups excluding carboxylic acids is 2. The van der Waals surface area contributed by atoms with Crippen LogP contribution in [0.25, 0.3) is 6.08 Å². The second-order valence-electron chi connectivity index (χ2n) is 7.37. The first kappa shape index (κ1) is 21.8. The molecule has 2 fully saturated rings. The van der Waals surface area contributed by atoms with Gasteiger partial charge in [0.05, 0.1) is 4.91 Å². The summed E-state index contributed by atoms with van der Waals surface area (Å²) in [6.07, 6.45) is 11.2. The molecule has 2 aliphatic heterocycles. The van der Waals surface area contributed by atoms with Crippen molar-refractivity contribution in [3.8, 4) is 0 Å². The molecule has 3 rings (SSSR count). The van der Waals surface area contributed by atoms with Crippen LogP contribution >= 0.6 is 24.0 Å². The molecule has 29 heavy (non-hydrogen) atoms. The fourth-order valence-corrected chi connectivity index (χ4v) is 5.06. The number of benzene rings is 1. The Hall–Kier alpha value is -1.92. The van der Waals surface area contributed by atoms with Crippen LogP contribution in [0.15, 0.2) is 47.4 Å². The lowest BCUT2D eigenvalue weighted by Crippen LogP contribution is -2.43. The van der Waals surface area contributed by atoms with E-state index >= 15 is 0 Å². The Labute approximate surface area is 183 Å². The quantitative estimate of drug-likeness (QED) is 0.452. The van der Waals surface area contributed by atoms with E-state index in [2.05, 4.69) is 6.92 Å². The van der Waals surface area contributed by atoms with E-state index in [0.717, 1.165) is 31.4 Å². The minimum Gasteiger partial charge on any atom is -0.340 e. The summed E-state index contributed by atoms with van der Waals surface area (Å²) in [7, 11) is 0. The van der Waals surface area contributed by atoms with Crippen molar-refractivity contribution in [3.63, 3.8) is 0 Å². The summed E-state index contributed by atoms with van der Waals surface area (Å²) >= 11 is 6.72. The topological polar surface area (TPSA) is 40.6 Å². The Balaban J connectivity index is 1.50. The lowest BCUT2D eigenvalue weighted by Gasteiger charge is -2.35. The molecule has 4 nitrogen and oxygen atoms in total. The lowest BCUT2D eigenvalue weighted by atomic mass is 9.99. The molecule has 2 saturated heterocycles. The van der Waals surface area contributed by atoms with Crippen molar-refractivity contribution in [1.82, 2.24) is 9.80 Å². The van der Waals surface area contributed by atoms with Crippen molar-refractivity contribution < 1.29 is 9.59 Å². The third-order valence-corrected chi connectivity index (χ3v) is 6.80. The number of hydrogen-bond donors (Lipinski definition) is 0. The third kappa shape index (κ3) is 5.80. The molecule has 0 saturated carbocycles. The number of rotatable bonds is 7. The van der Waals surface area contributed by atoms with Gasteiger partial charge >= 0.3 is 0 Å². The van der Waals surface area contributed by atoms with Gasteiger partial charge < -0.3 is 4.90 Å². The molecule has 1 atom stereocenters. The molecular formula is C23H28N2O2S2. The standard InChI is InChI=1S/C23H28N2O2S2/c1-2-19-13-6-7-16-24(19)21(26)15-9-17-25-22(27)20(29-23(25)28)14-8-12-18-10-4-3-5-11-18/h3-5,8,10-12,14,19H,2,6-7,9,13,15-17H2,1H3/b12-8+,20-14-. The van der Waals surface area contributed by atoms with Gasteiger partial charge in [-0.15, -0.1) is 0 Å². The van der Waals surface area contributed by atoms with Gasteiger partial charge in [-0.05, 0) is 43.7 Å². The maximum atomic E-state index is 12.7. The minimum atomic E-state index is -0.0606. The van der Waals surface area contributed by atoms with Crippen molar-refractivity contribution >= 4 is 46.2 Å². The van der Waals surface area contributed by atoms with Gasteiger partial charge in [-0.2, -0.15) is 0 Å². The molecule has 0 aromatic heterocycles. The van der Waals surface area contributed by atoms with Gasteiger partial charge in [0.1, 0.15) is 4.32 Å². The third-order valence-electron chi connectivity index (χ3n) is 5.40. The fourth-order valence-electron chi connectivity index (χ4n) is 3.80. The Morgan fingerprint density at radius 1 is 1.28 bits per heavy atom. The first-order valence-electron chi connectivity index (χ1n) is 10.4. The zero-order chi connectivity index (χ0) is 20.6. The summed E-state index contributed by atoms with van der Waals surface area (Å²) in [5, 5.41) is 0. The van der Waals surface area contributed by atoms with E-state index in [1.54, 1.807) is 4.90 Å². The number of thioether (sulfide) groups is 1. The molecule has 154 valence electrons.